The van der Waals surface area contributed by atoms with Crippen LogP contribution in [0.25, 0.3) is 0 Å². The number of aliphatic hydroxyl groups excluding tert-OH is 1. The van der Waals surface area contributed by atoms with Gasteiger partial charge in [-0.15, -0.1) is 0 Å². The normalized spacial score (nSPS) is 42.9. The minimum absolute atomic E-state index is 0.116. The Labute approximate surface area is 186 Å². The first kappa shape index (κ1) is 22.4. The van der Waals surface area contributed by atoms with Crippen molar-refractivity contribution < 1.29 is 5.11 Å². The van der Waals surface area contributed by atoms with Crippen LogP contribution in [0.1, 0.15) is 92.9 Å². The first-order valence-corrected chi connectivity index (χ1v) is 13.0. The molecule has 4 aliphatic rings. The van der Waals surface area contributed by atoms with Crippen LogP contribution in [-0.2, 0) is 0 Å². The molecule has 1 nitrogen and oxygen atoms in total. The van der Waals surface area contributed by atoms with Gasteiger partial charge in [0.1, 0.15) is 0 Å². The van der Waals surface area contributed by atoms with Crippen molar-refractivity contribution in [3.8, 4) is 0 Å². The molecule has 1 heteroatoms. The Kier molecular flexibility index (Phi) is 6.17. The van der Waals surface area contributed by atoms with Gasteiger partial charge in [-0.1, -0.05) is 77.0 Å². The summed E-state index contributed by atoms with van der Waals surface area (Å²) in [5, 5.41) is 10.2. The van der Waals surface area contributed by atoms with Crippen molar-refractivity contribution in [2.75, 3.05) is 0 Å². The summed E-state index contributed by atoms with van der Waals surface area (Å²) in [7, 11) is 0. The first-order chi connectivity index (χ1) is 14.2. The van der Waals surface area contributed by atoms with Crippen LogP contribution in [0, 0.1) is 46.3 Å². The van der Waals surface area contributed by atoms with Crippen molar-refractivity contribution >= 4 is 0 Å². The number of hydrogen-bond donors (Lipinski definition) is 1. The molecule has 0 heterocycles. The summed E-state index contributed by atoms with van der Waals surface area (Å²) in [5.41, 5.74) is 4.07. The summed E-state index contributed by atoms with van der Waals surface area (Å²) in [6.45, 7) is 14.7. The van der Waals surface area contributed by atoms with E-state index < -0.39 is 0 Å². The average molecular weight is 411 g/mol. The third-order valence-electron chi connectivity index (χ3n) is 10.2. The van der Waals surface area contributed by atoms with Crippen LogP contribution in [-0.4, -0.2) is 11.2 Å². The lowest BCUT2D eigenvalue weighted by atomic mass is 9.50. The van der Waals surface area contributed by atoms with Crippen molar-refractivity contribution in [3.05, 3.63) is 35.5 Å². The molecule has 0 radical (unpaired) electrons. The van der Waals surface area contributed by atoms with Crippen molar-refractivity contribution in [2.24, 2.45) is 46.3 Å². The topological polar surface area (TPSA) is 20.2 Å². The Hall–Kier alpha value is -0.820. The molecule has 30 heavy (non-hydrogen) atoms. The van der Waals surface area contributed by atoms with Gasteiger partial charge >= 0.3 is 0 Å². The summed E-state index contributed by atoms with van der Waals surface area (Å²) in [6.07, 6.45) is 19.7. The number of fused-ring (bicyclic) bond motifs is 5. The summed E-state index contributed by atoms with van der Waals surface area (Å²) in [5.74, 6) is 4.45. The van der Waals surface area contributed by atoms with Crippen LogP contribution in [0.2, 0.25) is 0 Å². The predicted octanol–water partition coefficient (Wildman–Crippen LogP) is 7.72. The maximum Gasteiger partial charge on any atom is 0.0578 e. The summed E-state index contributed by atoms with van der Waals surface area (Å²) < 4.78 is 0. The molecule has 168 valence electrons. The Balaban J connectivity index is 1.56. The van der Waals surface area contributed by atoms with Gasteiger partial charge in [-0.05, 0) is 97.7 Å². The van der Waals surface area contributed by atoms with Gasteiger partial charge in [0.05, 0.1) is 6.10 Å². The van der Waals surface area contributed by atoms with Gasteiger partial charge in [0.25, 0.3) is 0 Å². The van der Waals surface area contributed by atoms with Gasteiger partial charge in [-0.2, -0.15) is 0 Å². The van der Waals surface area contributed by atoms with Crippen LogP contribution < -0.4 is 0 Å². The van der Waals surface area contributed by atoms with E-state index >= 15 is 0 Å². The molecular formula is C29H46O. The van der Waals surface area contributed by atoms with E-state index in [0.29, 0.717) is 16.7 Å². The largest absolute Gasteiger partial charge is 0.393 e. The maximum atomic E-state index is 10.2. The fraction of sp³-hybridized carbons (Fsp3) is 0.793. The molecule has 4 aliphatic carbocycles. The van der Waals surface area contributed by atoms with Crippen LogP contribution in [0.3, 0.4) is 0 Å². The lowest BCUT2D eigenvalue weighted by molar-refractivity contribution is 0.0382. The zero-order valence-electron chi connectivity index (χ0n) is 20.5. The third kappa shape index (κ3) is 3.58. The molecule has 0 saturated heterocycles. The molecule has 3 fully saturated rings. The smallest absolute Gasteiger partial charge is 0.0578 e. The van der Waals surface area contributed by atoms with Crippen LogP contribution >= 0.6 is 0 Å². The van der Waals surface area contributed by atoms with Crippen LogP contribution in [0.5, 0.6) is 0 Å². The minimum Gasteiger partial charge on any atom is -0.393 e. The molecule has 4 rings (SSSR count). The standard InChI is InChI=1S/C29H46O/c1-7-21(19(2)3)9-8-20(4)25-12-13-26-24-11-10-22-18-23(30)14-16-28(22,5)27(24)15-17-29(25,26)6/h8-11,19-21,23,25-27,30H,7,12-18H2,1-6H3/b9-8-. The molecule has 1 N–H and O–H groups in total. The fourth-order valence-corrected chi connectivity index (χ4v) is 8.17. The van der Waals surface area contributed by atoms with E-state index in [1.165, 1.54) is 44.1 Å². The van der Waals surface area contributed by atoms with Gasteiger partial charge in [0.15, 0.2) is 0 Å². The molecule has 8 atom stereocenters. The molecule has 0 aromatic carbocycles. The fourth-order valence-electron chi connectivity index (χ4n) is 8.17. The second-order valence-corrected chi connectivity index (χ2v) is 12.1. The van der Waals surface area contributed by atoms with Crippen LogP contribution in [0.15, 0.2) is 35.5 Å². The van der Waals surface area contributed by atoms with Gasteiger partial charge in [0.2, 0.25) is 0 Å². The highest BCUT2D eigenvalue weighted by molar-refractivity contribution is 5.39. The highest BCUT2D eigenvalue weighted by Crippen LogP contribution is 2.66. The quantitative estimate of drug-likeness (QED) is 0.460. The molecule has 8 unspecified atom stereocenters. The zero-order valence-corrected chi connectivity index (χ0v) is 20.5. The highest BCUT2D eigenvalue weighted by Gasteiger charge is 2.56. The van der Waals surface area contributed by atoms with E-state index in [-0.39, 0.29) is 6.10 Å². The number of rotatable bonds is 5. The first-order valence-electron chi connectivity index (χ1n) is 13.0. The Bertz CT molecular complexity index is 727. The lowest BCUT2D eigenvalue weighted by Gasteiger charge is -2.55. The van der Waals surface area contributed by atoms with Gasteiger partial charge in [-0.25, -0.2) is 0 Å². The van der Waals surface area contributed by atoms with Crippen molar-refractivity contribution in [3.63, 3.8) is 0 Å². The summed E-state index contributed by atoms with van der Waals surface area (Å²) in [6, 6.07) is 0. The van der Waals surface area contributed by atoms with Crippen molar-refractivity contribution in [2.45, 2.75) is 99.0 Å². The average Bonchev–Trinajstić information content (AvgIpc) is 3.06. The molecule has 0 spiro atoms. The predicted molar refractivity (Wildman–Crippen MR) is 128 cm³/mol. The Morgan fingerprint density at radius 3 is 2.47 bits per heavy atom. The van der Waals surface area contributed by atoms with E-state index in [0.717, 1.165) is 42.4 Å². The second kappa shape index (κ2) is 8.27. The van der Waals surface area contributed by atoms with E-state index in [1.54, 1.807) is 5.57 Å². The van der Waals surface area contributed by atoms with E-state index in [9.17, 15) is 5.11 Å². The van der Waals surface area contributed by atoms with Gasteiger partial charge in [-0.3, -0.25) is 0 Å². The SMILES string of the molecule is CCC(/C=C\C(C)C1CCC2C3=CC=C4CC(O)CCC4(C)C3CCC21C)C(C)C. The lowest BCUT2D eigenvalue weighted by Crippen LogP contribution is -2.46. The number of hydrogen-bond acceptors (Lipinski definition) is 1. The number of aliphatic hydroxyl groups is 1. The molecular weight excluding hydrogens is 364 g/mol. The Morgan fingerprint density at radius 1 is 1.00 bits per heavy atom. The number of allylic oxidation sites excluding steroid dienone is 5. The van der Waals surface area contributed by atoms with Crippen molar-refractivity contribution in [1.82, 2.24) is 0 Å². The van der Waals surface area contributed by atoms with E-state index in [2.05, 4.69) is 65.8 Å². The monoisotopic (exact) mass is 410 g/mol. The van der Waals surface area contributed by atoms with E-state index in [4.69, 9.17) is 0 Å². The molecule has 0 aliphatic heterocycles. The molecule has 0 bridgehead atoms. The van der Waals surface area contributed by atoms with Gasteiger partial charge in [0, 0.05) is 0 Å². The maximum absolute atomic E-state index is 10.2. The second-order valence-electron chi connectivity index (χ2n) is 12.1. The van der Waals surface area contributed by atoms with Crippen LogP contribution in [0.4, 0.5) is 0 Å². The molecule has 0 aromatic rings. The Morgan fingerprint density at radius 2 is 1.77 bits per heavy atom. The molecule has 0 amide bonds. The highest BCUT2D eigenvalue weighted by atomic mass is 16.3. The summed E-state index contributed by atoms with van der Waals surface area (Å²) >= 11 is 0. The van der Waals surface area contributed by atoms with Gasteiger partial charge < -0.3 is 5.11 Å². The summed E-state index contributed by atoms with van der Waals surface area (Å²) in [4.78, 5) is 0. The minimum atomic E-state index is -0.116. The third-order valence-corrected chi connectivity index (χ3v) is 10.2. The molecule has 0 aromatic heterocycles. The van der Waals surface area contributed by atoms with E-state index in [1.807, 2.05) is 0 Å². The molecule has 3 saturated carbocycles. The zero-order chi connectivity index (χ0) is 21.7. The van der Waals surface area contributed by atoms with Crippen molar-refractivity contribution in [1.29, 1.82) is 0 Å².